The normalized spacial score (nSPS) is 17.4. The molecule has 0 spiro atoms. The summed E-state index contributed by atoms with van der Waals surface area (Å²) in [5.74, 6) is 0.947. The maximum Gasteiger partial charge on any atom is 0.255 e. The average Bonchev–Trinajstić information content (AvgIpc) is 3.52. The number of hydrogen-bond acceptors (Lipinski definition) is 2. The zero-order chi connectivity index (χ0) is 17.9. The van der Waals surface area contributed by atoms with Gasteiger partial charge in [0.1, 0.15) is 0 Å². The first-order chi connectivity index (χ1) is 12.7. The summed E-state index contributed by atoms with van der Waals surface area (Å²) >= 11 is 6.36. The molecular weight excluding hydrogens is 379 g/mol. The lowest BCUT2D eigenvalue weighted by Gasteiger charge is -2.33. The Morgan fingerprint density at radius 3 is 2.37 bits per heavy atom. The van der Waals surface area contributed by atoms with Crippen molar-refractivity contribution >= 4 is 29.9 Å². The molecule has 1 saturated carbocycles. The Bertz CT molecular complexity index is 769. The first-order valence-electron chi connectivity index (χ1n) is 9.58. The van der Waals surface area contributed by atoms with Gasteiger partial charge in [-0.15, -0.1) is 12.4 Å². The molecule has 4 rings (SSSR count). The standard InChI is InChI=1S/C22H25ClN2O.ClH/c23-21-9-8-18(17-4-2-1-3-5-17)14-20(21)22(26)25-12-10-19(11-13-25)24-15-16-6-7-16;/h1-5,8-9,14,16,19,24H,6-7,10-13,15H2;1H. The van der Waals surface area contributed by atoms with E-state index in [1.165, 1.54) is 12.8 Å². The molecule has 144 valence electrons. The van der Waals surface area contributed by atoms with Crippen LogP contribution < -0.4 is 5.32 Å². The Morgan fingerprint density at radius 2 is 1.70 bits per heavy atom. The summed E-state index contributed by atoms with van der Waals surface area (Å²) in [6.45, 7) is 2.74. The van der Waals surface area contributed by atoms with Crippen molar-refractivity contribution in [3.63, 3.8) is 0 Å². The maximum absolute atomic E-state index is 13.0. The molecule has 0 aromatic heterocycles. The monoisotopic (exact) mass is 404 g/mol. The van der Waals surface area contributed by atoms with Gasteiger partial charge in [-0.2, -0.15) is 0 Å². The van der Waals surface area contributed by atoms with E-state index >= 15 is 0 Å². The number of likely N-dealkylation sites (tertiary alicyclic amines) is 1. The van der Waals surface area contributed by atoms with Crippen molar-refractivity contribution in [1.29, 1.82) is 0 Å². The molecule has 2 aromatic rings. The summed E-state index contributed by atoms with van der Waals surface area (Å²) in [6.07, 6.45) is 4.80. The minimum Gasteiger partial charge on any atom is -0.338 e. The molecule has 0 atom stereocenters. The van der Waals surface area contributed by atoms with Crippen molar-refractivity contribution in [3.8, 4) is 11.1 Å². The number of amides is 1. The van der Waals surface area contributed by atoms with Crippen LogP contribution in [0.5, 0.6) is 0 Å². The lowest BCUT2D eigenvalue weighted by Crippen LogP contribution is -2.45. The molecule has 2 aromatic carbocycles. The van der Waals surface area contributed by atoms with Crippen molar-refractivity contribution in [2.45, 2.75) is 31.7 Å². The fraction of sp³-hybridized carbons (Fsp3) is 0.409. The van der Waals surface area contributed by atoms with E-state index in [4.69, 9.17) is 11.6 Å². The molecular formula is C22H26Cl2N2O. The van der Waals surface area contributed by atoms with Gasteiger partial charge in [0.25, 0.3) is 5.91 Å². The fourth-order valence-electron chi connectivity index (χ4n) is 3.61. The second-order valence-electron chi connectivity index (χ2n) is 7.48. The van der Waals surface area contributed by atoms with Gasteiger partial charge in [-0.1, -0.05) is 48.0 Å². The number of nitrogens with zero attached hydrogens (tertiary/aromatic N) is 1. The minimum absolute atomic E-state index is 0. The third-order valence-corrected chi connectivity index (χ3v) is 5.81. The highest BCUT2D eigenvalue weighted by Gasteiger charge is 2.27. The van der Waals surface area contributed by atoms with Crippen LogP contribution in [0.4, 0.5) is 0 Å². The van der Waals surface area contributed by atoms with Gasteiger partial charge in [-0.05, 0) is 61.4 Å². The molecule has 27 heavy (non-hydrogen) atoms. The quantitative estimate of drug-likeness (QED) is 0.757. The van der Waals surface area contributed by atoms with E-state index in [1.54, 1.807) is 0 Å². The van der Waals surface area contributed by atoms with Gasteiger partial charge in [-0.25, -0.2) is 0 Å². The summed E-state index contributed by atoms with van der Waals surface area (Å²) < 4.78 is 0. The Kier molecular flexibility index (Phi) is 6.80. The number of benzene rings is 2. The molecule has 1 saturated heterocycles. The van der Waals surface area contributed by atoms with Crippen molar-refractivity contribution < 1.29 is 4.79 Å². The zero-order valence-electron chi connectivity index (χ0n) is 15.4. The second kappa shape index (κ2) is 9.09. The van der Waals surface area contributed by atoms with Crippen LogP contribution in [0.2, 0.25) is 5.02 Å². The summed E-state index contributed by atoms with van der Waals surface area (Å²) in [5.41, 5.74) is 2.73. The van der Waals surface area contributed by atoms with Gasteiger partial charge < -0.3 is 10.2 Å². The lowest BCUT2D eigenvalue weighted by atomic mass is 10.0. The third-order valence-electron chi connectivity index (χ3n) is 5.48. The summed E-state index contributed by atoms with van der Waals surface area (Å²) in [4.78, 5) is 15.0. The molecule has 3 nitrogen and oxygen atoms in total. The van der Waals surface area contributed by atoms with Crippen LogP contribution in [0, 0.1) is 5.92 Å². The van der Waals surface area contributed by atoms with Gasteiger partial charge in [0.2, 0.25) is 0 Å². The Hall–Kier alpha value is -1.55. The maximum atomic E-state index is 13.0. The van der Waals surface area contributed by atoms with E-state index < -0.39 is 0 Å². The molecule has 0 radical (unpaired) electrons. The first-order valence-corrected chi connectivity index (χ1v) is 9.96. The number of halogens is 2. The van der Waals surface area contributed by atoms with Gasteiger partial charge in [-0.3, -0.25) is 4.79 Å². The molecule has 0 bridgehead atoms. The lowest BCUT2D eigenvalue weighted by molar-refractivity contribution is 0.0705. The van der Waals surface area contributed by atoms with Crippen molar-refractivity contribution in [2.75, 3.05) is 19.6 Å². The van der Waals surface area contributed by atoms with E-state index in [2.05, 4.69) is 17.4 Å². The highest BCUT2D eigenvalue weighted by molar-refractivity contribution is 6.34. The molecule has 1 heterocycles. The molecule has 1 amide bonds. The molecule has 1 N–H and O–H groups in total. The smallest absolute Gasteiger partial charge is 0.255 e. The number of rotatable bonds is 5. The van der Waals surface area contributed by atoms with Gasteiger partial charge in [0.15, 0.2) is 0 Å². The second-order valence-corrected chi connectivity index (χ2v) is 7.89. The SMILES string of the molecule is Cl.O=C(c1cc(-c2ccccc2)ccc1Cl)N1CCC(NCC2CC2)CC1. The van der Waals surface area contributed by atoms with E-state index in [9.17, 15) is 4.79 Å². The van der Waals surface area contributed by atoms with Gasteiger partial charge >= 0.3 is 0 Å². The summed E-state index contributed by atoms with van der Waals surface area (Å²) in [5, 5.41) is 4.19. The Morgan fingerprint density at radius 1 is 1.00 bits per heavy atom. The number of carbonyl (C=O) groups excluding carboxylic acids is 1. The van der Waals surface area contributed by atoms with Crippen LogP contribution in [0.3, 0.4) is 0 Å². The number of nitrogens with one attached hydrogen (secondary N) is 1. The van der Waals surface area contributed by atoms with Crippen molar-refractivity contribution in [2.24, 2.45) is 5.92 Å². The number of hydrogen-bond donors (Lipinski definition) is 1. The molecule has 1 aliphatic heterocycles. The zero-order valence-corrected chi connectivity index (χ0v) is 16.9. The Balaban J connectivity index is 0.00000210. The highest BCUT2D eigenvalue weighted by atomic mass is 35.5. The highest BCUT2D eigenvalue weighted by Crippen LogP contribution is 2.29. The summed E-state index contributed by atoms with van der Waals surface area (Å²) in [6, 6.07) is 16.4. The van der Waals surface area contributed by atoms with Crippen LogP contribution in [-0.2, 0) is 0 Å². The minimum atomic E-state index is 0. The largest absolute Gasteiger partial charge is 0.338 e. The van der Waals surface area contributed by atoms with E-state index in [1.807, 2.05) is 41.3 Å². The van der Waals surface area contributed by atoms with E-state index in [0.29, 0.717) is 16.6 Å². The van der Waals surface area contributed by atoms with Crippen LogP contribution in [0.15, 0.2) is 48.5 Å². The van der Waals surface area contributed by atoms with Crippen molar-refractivity contribution in [1.82, 2.24) is 10.2 Å². The summed E-state index contributed by atoms with van der Waals surface area (Å²) in [7, 11) is 0. The van der Waals surface area contributed by atoms with Crippen LogP contribution in [0.1, 0.15) is 36.0 Å². The fourth-order valence-corrected chi connectivity index (χ4v) is 3.81. The molecule has 5 heteroatoms. The van der Waals surface area contributed by atoms with Crippen molar-refractivity contribution in [3.05, 3.63) is 59.1 Å². The Labute approximate surface area is 172 Å². The average molecular weight is 405 g/mol. The molecule has 2 fully saturated rings. The predicted molar refractivity (Wildman–Crippen MR) is 114 cm³/mol. The molecule has 2 aliphatic rings. The van der Waals surface area contributed by atoms with Crippen LogP contribution in [0.25, 0.3) is 11.1 Å². The molecule has 0 unspecified atom stereocenters. The third kappa shape index (κ3) is 5.04. The van der Waals surface area contributed by atoms with Gasteiger partial charge in [0.05, 0.1) is 10.6 Å². The van der Waals surface area contributed by atoms with E-state index in [-0.39, 0.29) is 18.3 Å². The van der Waals surface area contributed by atoms with Crippen LogP contribution >= 0.6 is 24.0 Å². The topological polar surface area (TPSA) is 32.3 Å². The first kappa shape index (κ1) is 20.2. The number of carbonyl (C=O) groups is 1. The molecule has 1 aliphatic carbocycles. The van der Waals surface area contributed by atoms with Gasteiger partial charge in [0, 0.05) is 19.1 Å². The predicted octanol–water partition coefficient (Wildman–Crippen LogP) is 5.03. The van der Waals surface area contributed by atoms with Crippen LogP contribution in [-0.4, -0.2) is 36.5 Å². The number of piperidine rings is 1. The van der Waals surface area contributed by atoms with E-state index in [0.717, 1.165) is 49.5 Å².